The van der Waals surface area contributed by atoms with Crippen molar-refractivity contribution in [2.45, 2.75) is 19.4 Å². The van der Waals surface area contributed by atoms with Gasteiger partial charge in [-0.15, -0.1) is 0 Å². The minimum absolute atomic E-state index is 0.199. The Morgan fingerprint density at radius 2 is 2.12 bits per heavy atom. The van der Waals surface area contributed by atoms with E-state index in [4.69, 9.17) is 9.47 Å². The van der Waals surface area contributed by atoms with Gasteiger partial charge in [-0.25, -0.2) is 4.98 Å². The van der Waals surface area contributed by atoms with Crippen molar-refractivity contribution in [1.29, 1.82) is 0 Å². The molecule has 0 saturated carbocycles. The summed E-state index contributed by atoms with van der Waals surface area (Å²) in [6.07, 6.45) is 2.82. The average Bonchev–Trinajstić information content (AvgIpc) is 3.10. The summed E-state index contributed by atoms with van der Waals surface area (Å²) in [6, 6.07) is 10.8. The first-order valence-electron chi connectivity index (χ1n) is 7.99. The topological polar surface area (TPSA) is 60.5 Å². The highest BCUT2D eigenvalue weighted by Gasteiger charge is 2.17. The molecule has 1 aliphatic heterocycles. The number of rotatable bonds is 6. The highest BCUT2D eigenvalue weighted by atomic mass is 32.2. The normalized spacial score (nSPS) is 16.6. The molecule has 1 saturated heterocycles. The van der Waals surface area contributed by atoms with E-state index in [0.29, 0.717) is 23.7 Å². The first-order valence-corrected chi connectivity index (χ1v) is 9.14. The van der Waals surface area contributed by atoms with Gasteiger partial charge >= 0.3 is 0 Å². The van der Waals surface area contributed by atoms with Gasteiger partial charge in [-0.1, -0.05) is 0 Å². The molecule has 0 radical (unpaired) electrons. The van der Waals surface area contributed by atoms with Gasteiger partial charge in [-0.2, -0.15) is 11.8 Å². The minimum atomic E-state index is -0.199. The van der Waals surface area contributed by atoms with E-state index in [1.807, 2.05) is 43.0 Å². The number of amides is 1. The molecule has 0 aliphatic carbocycles. The zero-order valence-electron chi connectivity index (χ0n) is 13.5. The zero-order chi connectivity index (χ0) is 16.8. The number of carbonyl (C=O) groups excluding carboxylic acids is 1. The number of hydrogen-bond donors (Lipinski definition) is 1. The maximum Gasteiger partial charge on any atom is 0.257 e. The van der Waals surface area contributed by atoms with Gasteiger partial charge in [0.05, 0.1) is 12.2 Å². The Balaban J connectivity index is 1.57. The second-order valence-electron chi connectivity index (χ2n) is 5.40. The van der Waals surface area contributed by atoms with Gasteiger partial charge in [0.2, 0.25) is 5.88 Å². The van der Waals surface area contributed by atoms with E-state index in [9.17, 15) is 4.79 Å². The van der Waals surface area contributed by atoms with Gasteiger partial charge in [0.15, 0.2) is 0 Å². The van der Waals surface area contributed by atoms with Crippen LogP contribution < -0.4 is 14.8 Å². The van der Waals surface area contributed by atoms with Crippen LogP contribution in [-0.4, -0.2) is 35.1 Å². The van der Waals surface area contributed by atoms with Gasteiger partial charge < -0.3 is 14.8 Å². The predicted molar refractivity (Wildman–Crippen MR) is 96.2 cm³/mol. The fraction of sp³-hybridized carbons (Fsp3) is 0.333. The Hall–Kier alpha value is -2.21. The molecule has 6 heteroatoms. The zero-order valence-corrected chi connectivity index (χ0v) is 14.3. The Bertz CT molecular complexity index is 668. The summed E-state index contributed by atoms with van der Waals surface area (Å²) < 4.78 is 11.2. The van der Waals surface area contributed by atoms with Crippen LogP contribution >= 0.6 is 11.8 Å². The highest BCUT2D eigenvalue weighted by Crippen LogP contribution is 2.22. The van der Waals surface area contributed by atoms with E-state index >= 15 is 0 Å². The molecule has 1 amide bonds. The van der Waals surface area contributed by atoms with Crippen LogP contribution in [0.25, 0.3) is 0 Å². The Morgan fingerprint density at radius 1 is 1.29 bits per heavy atom. The minimum Gasteiger partial charge on any atom is -0.494 e. The SMILES string of the molecule is CCOc1ccc(NC(=O)c2ccc(OC3CCSC3)nc2)cc1. The van der Waals surface area contributed by atoms with Gasteiger partial charge in [-0.3, -0.25) is 4.79 Å². The molecule has 1 aromatic heterocycles. The van der Waals surface area contributed by atoms with Crippen molar-refractivity contribution in [2.75, 3.05) is 23.4 Å². The summed E-state index contributed by atoms with van der Waals surface area (Å²) >= 11 is 1.89. The maximum absolute atomic E-state index is 12.3. The molecule has 0 bridgehead atoms. The van der Waals surface area contributed by atoms with Gasteiger partial charge in [0.1, 0.15) is 11.9 Å². The van der Waals surface area contributed by atoms with Crippen molar-refractivity contribution < 1.29 is 14.3 Å². The Kier molecular flexibility index (Phi) is 5.59. The van der Waals surface area contributed by atoms with E-state index in [1.165, 1.54) is 0 Å². The third-order valence-electron chi connectivity index (χ3n) is 3.60. The molecule has 1 unspecified atom stereocenters. The summed E-state index contributed by atoms with van der Waals surface area (Å²) in [6.45, 7) is 2.55. The summed E-state index contributed by atoms with van der Waals surface area (Å²) in [7, 11) is 0. The number of carbonyl (C=O) groups is 1. The first-order chi connectivity index (χ1) is 11.7. The molecule has 1 N–H and O–H groups in total. The molecular formula is C18H20N2O3S. The van der Waals surface area contributed by atoms with E-state index in [0.717, 1.165) is 23.7 Å². The highest BCUT2D eigenvalue weighted by molar-refractivity contribution is 7.99. The van der Waals surface area contributed by atoms with Crippen LogP contribution in [0.5, 0.6) is 11.6 Å². The fourth-order valence-corrected chi connectivity index (χ4v) is 3.46. The number of benzene rings is 1. The molecule has 0 spiro atoms. The largest absolute Gasteiger partial charge is 0.494 e. The van der Waals surface area contributed by atoms with Crippen LogP contribution in [-0.2, 0) is 0 Å². The molecule has 1 aromatic carbocycles. The van der Waals surface area contributed by atoms with Crippen LogP contribution in [0.4, 0.5) is 5.69 Å². The van der Waals surface area contributed by atoms with Crippen LogP contribution in [0.1, 0.15) is 23.7 Å². The standard InChI is InChI=1S/C18H20N2O3S/c1-2-22-15-6-4-14(5-7-15)20-18(21)13-3-8-17(19-11-13)23-16-9-10-24-12-16/h3-8,11,16H,2,9-10,12H2,1H3,(H,20,21). The smallest absolute Gasteiger partial charge is 0.257 e. The van der Waals surface area contributed by atoms with Crippen LogP contribution in [0, 0.1) is 0 Å². The number of aromatic nitrogens is 1. The predicted octanol–water partition coefficient (Wildman–Crippen LogP) is 3.62. The van der Waals surface area contributed by atoms with Crippen molar-refractivity contribution in [3.63, 3.8) is 0 Å². The lowest BCUT2D eigenvalue weighted by Gasteiger charge is -2.11. The molecule has 1 aliphatic rings. The van der Waals surface area contributed by atoms with E-state index < -0.39 is 0 Å². The van der Waals surface area contributed by atoms with Crippen molar-refractivity contribution in [1.82, 2.24) is 4.98 Å². The summed E-state index contributed by atoms with van der Waals surface area (Å²) in [4.78, 5) is 16.5. The summed E-state index contributed by atoms with van der Waals surface area (Å²) in [5.41, 5.74) is 1.21. The second-order valence-corrected chi connectivity index (χ2v) is 6.55. The molecule has 1 atom stereocenters. The van der Waals surface area contributed by atoms with E-state index in [1.54, 1.807) is 18.3 Å². The molecule has 126 valence electrons. The van der Waals surface area contributed by atoms with E-state index in [-0.39, 0.29) is 12.0 Å². The molecule has 24 heavy (non-hydrogen) atoms. The molecule has 5 nitrogen and oxygen atoms in total. The van der Waals surface area contributed by atoms with Crippen molar-refractivity contribution in [3.05, 3.63) is 48.2 Å². The molecule has 2 aromatic rings. The summed E-state index contributed by atoms with van der Waals surface area (Å²) in [5, 5.41) is 2.84. The molecule has 1 fully saturated rings. The molecular weight excluding hydrogens is 324 g/mol. The quantitative estimate of drug-likeness (QED) is 0.867. The van der Waals surface area contributed by atoms with Crippen molar-refractivity contribution in [3.8, 4) is 11.6 Å². The number of pyridine rings is 1. The number of ether oxygens (including phenoxy) is 2. The van der Waals surface area contributed by atoms with Gasteiger partial charge in [0.25, 0.3) is 5.91 Å². The van der Waals surface area contributed by atoms with Crippen LogP contribution in [0.15, 0.2) is 42.6 Å². The third-order valence-corrected chi connectivity index (χ3v) is 4.73. The Morgan fingerprint density at radius 3 is 2.75 bits per heavy atom. The van der Waals surface area contributed by atoms with Crippen LogP contribution in [0.3, 0.4) is 0 Å². The fourth-order valence-electron chi connectivity index (χ4n) is 2.37. The number of anilines is 1. The van der Waals surface area contributed by atoms with Crippen LogP contribution in [0.2, 0.25) is 0 Å². The molecule has 3 rings (SSSR count). The lowest BCUT2D eigenvalue weighted by molar-refractivity contribution is 0.102. The molecule has 2 heterocycles. The lowest BCUT2D eigenvalue weighted by atomic mass is 10.2. The number of nitrogens with zero attached hydrogens (tertiary/aromatic N) is 1. The Labute approximate surface area is 145 Å². The number of hydrogen-bond acceptors (Lipinski definition) is 5. The first kappa shape index (κ1) is 16.6. The van der Waals surface area contributed by atoms with Crippen molar-refractivity contribution >= 4 is 23.4 Å². The second kappa shape index (κ2) is 8.06. The van der Waals surface area contributed by atoms with Gasteiger partial charge in [0, 0.05) is 23.7 Å². The van der Waals surface area contributed by atoms with Crippen molar-refractivity contribution in [2.24, 2.45) is 0 Å². The maximum atomic E-state index is 12.3. The monoisotopic (exact) mass is 344 g/mol. The number of nitrogens with one attached hydrogen (secondary N) is 1. The average molecular weight is 344 g/mol. The number of thioether (sulfide) groups is 1. The van der Waals surface area contributed by atoms with Gasteiger partial charge in [-0.05, 0) is 49.4 Å². The summed E-state index contributed by atoms with van der Waals surface area (Å²) in [5.74, 6) is 3.29. The van der Waals surface area contributed by atoms with E-state index in [2.05, 4.69) is 10.3 Å². The third kappa shape index (κ3) is 4.41. The lowest BCUT2D eigenvalue weighted by Crippen LogP contribution is -2.16.